The van der Waals surface area contributed by atoms with Gasteiger partial charge in [0.2, 0.25) is 11.8 Å². The molecule has 3 heterocycles. The van der Waals surface area contributed by atoms with Gasteiger partial charge in [0.25, 0.3) is 0 Å². The zero-order valence-electron chi connectivity index (χ0n) is 17.1. The van der Waals surface area contributed by atoms with Crippen molar-refractivity contribution in [1.82, 2.24) is 10.3 Å². The molecule has 2 aliphatic rings. The largest absolute Gasteiger partial charge is 0.372 e. The second kappa shape index (κ2) is 9.06. The SMILES string of the molecule is CC1CN(c2ccc(CNC(=O)CC3Sc4ccccc4NC3=O)cn2)CC(C)O1. The molecule has 2 aliphatic heterocycles. The number of thioether (sulfide) groups is 1. The number of carbonyl (C=O) groups excluding carboxylic acids is 2. The Hall–Kier alpha value is -2.58. The average Bonchev–Trinajstić information content (AvgIpc) is 2.72. The van der Waals surface area contributed by atoms with Gasteiger partial charge < -0.3 is 20.3 Å². The highest BCUT2D eigenvalue weighted by atomic mass is 32.2. The maximum Gasteiger partial charge on any atom is 0.238 e. The highest BCUT2D eigenvalue weighted by Crippen LogP contribution is 2.36. The van der Waals surface area contributed by atoms with Crippen LogP contribution in [-0.2, 0) is 20.9 Å². The van der Waals surface area contributed by atoms with Crippen molar-refractivity contribution in [3.8, 4) is 0 Å². The second-order valence-electron chi connectivity index (χ2n) is 7.76. The lowest BCUT2D eigenvalue weighted by molar-refractivity contribution is -0.124. The van der Waals surface area contributed by atoms with Crippen LogP contribution in [0.15, 0.2) is 47.5 Å². The summed E-state index contributed by atoms with van der Waals surface area (Å²) in [7, 11) is 0. The Morgan fingerprint density at radius 2 is 2.00 bits per heavy atom. The van der Waals surface area contributed by atoms with Crippen LogP contribution in [0, 0.1) is 0 Å². The summed E-state index contributed by atoms with van der Waals surface area (Å²) in [6.45, 7) is 6.15. The number of hydrogen-bond acceptors (Lipinski definition) is 6. The standard InChI is InChI=1S/C22H26N4O3S/c1-14-12-26(13-15(2)29-14)20-8-7-16(10-23-20)11-24-21(27)9-19-22(28)25-17-5-3-4-6-18(17)30-19/h3-8,10,14-15,19H,9,11-13H2,1-2H3,(H,24,27)(H,25,28). The summed E-state index contributed by atoms with van der Waals surface area (Å²) in [4.78, 5) is 32.4. The summed E-state index contributed by atoms with van der Waals surface area (Å²) in [5.41, 5.74) is 1.73. The molecule has 3 unspecified atom stereocenters. The Morgan fingerprint density at radius 1 is 1.23 bits per heavy atom. The quantitative estimate of drug-likeness (QED) is 0.765. The summed E-state index contributed by atoms with van der Waals surface area (Å²) in [5.74, 6) is 0.636. The van der Waals surface area contributed by atoms with Crippen molar-refractivity contribution >= 4 is 35.1 Å². The van der Waals surface area contributed by atoms with Gasteiger partial charge in [-0.15, -0.1) is 11.8 Å². The van der Waals surface area contributed by atoms with E-state index in [-0.39, 0.29) is 30.4 Å². The molecular formula is C22H26N4O3S. The molecule has 2 N–H and O–H groups in total. The molecule has 2 aromatic rings. The molecule has 7 nitrogen and oxygen atoms in total. The maximum absolute atomic E-state index is 12.4. The van der Waals surface area contributed by atoms with Crippen molar-refractivity contribution < 1.29 is 14.3 Å². The zero-order valence-corrected chi connectivity index (χ0v) is 17.9. The molecule has 1 saturated heterocycles. The molecule has 0 aliphatic carbocycles. The van der Waals surface area contributed by atoms with Gasteiger partial charge in [-0.2, -0.15) is 0 Å². The summed E-state index contributed by atoms with van der Waals surface area (Å²) < 4.78 is 5.77. The fourth-order valence-electron chi connectivity index (χ4n) is 3.74. The number of hydrogen-bond donors (Lipinski definition) is 2. The average molecular weight is 427 g/mol. The van der Waals surface area contributed by atoms with E-state index in [1.165, 1.54) is 11.8 Å². The maximum atomic E-state index is 12.4. The van der Waals surface area contributed by atoms with E-state index >= 15 is 0 Å². The van der Waals surface area contributed by atoms with Gasteiger partial charge in [0.1, 0.15) is 5.82 Å². The van der Waals surface area contributed by atoms with Gasteiger partial charge in [0, 0.05) is 37.1 Å². The minimum atomic E-state index is -0.425. The molecule has 0 bridgehead atoms. The first kappa shape index (κ1) is 20.7. The first-order valence-electron chi connectivity index (χ1n) is 10.2. The van der Waals surface area contributed by atoms with E-state index in [0.717, 1.165) is 35.1 Å². The Balaban J connectivity index is 1.28. The highest BCUT2D eigenvalue weighted by Gasteiger charge is 2.28. The number of ether oxygens (including phenoxy) is 1. The van der Waals surface area contributed by atoms with Crippen LogP contribution in [0.1, 0.15) is 25.8 Å². The van der Waals surface area contributed by atoms with Crippen LogP contribution in [0.3, 0.4) is 0 Å². The molecule has 0 spiro atoms. The van der Waals surface area contributed by atoms with E-state index in [2.05, 4.69) is 34.4 Å². The number of nitrogens with zero attached hydrogens (tertiary/aromatic N) is 2. The first-order chi connectivity index (χ1) is 14.5. The van der Waals surface area contributed by atoms with Crippen LogP contribution >= 0.6 is 11.8 Å². The number of anilines is 2. The van der Waals surface area contributed by atoms with Gasteiger partial charge in [-0.05, 0) is 37.6 Å². The Kier molecular flexibility index (Phi) is 6.24. The van der Waals surface area contributed by atoms with E-state index in [0.29, 0.717) is 6.54 Å². The number of aromatic nitrogens is 1. The number of morpholine rings is 1. The number of pyridine rings is 1. The Morgan fingerprint density at radius 3 is 2.73 bits per heavy atom. The second-order valence-corrected chi connectivity index (χ2v) is 9.00. The molecule has 4 rings (SSSR count). The molecule has 2 amide bonds. The minimum Gasteiger partial charge on any atom is -0.372 e. The third kappa shape index (κ3) is 4.94. The number of benzene rings is 1. The van der Waals surface area contributed by atoms with E-state index in [1.54, 1.807) is 6.20 Å². The lowest BCUT2D eigenvalue weighted by Gasteiger charge is -2.36. The summed E-state index contributed by atoms with van der Waals surface area (Å²) >= 11 is 1.43. The minimum absolute atomic E-state index is 0.131. The normalized spacial score (nSPS) is 23.5. The predicted molar refractivity (Wildman–Crippen MR) is 118 cm³/mol. The van der Waals surface area contributed by atoms with Gasteiger partial charge in [-0.3, -0.25) is 9.59 Å². The van der Waals surface area contributed by atoms with Gasteiger partial charge >= 0.3 is 0 Å². The van der Waals surface area contributed by atoms with Gasteiger partial charge in [0.15, 0.2) is 0 Å². The first-order valence-corrected chi connectivity index (χ1v) is 11.0. The Bertz CT molecular complexity index is 911. The number of amides is 2. The lowest BCUT2D eigenvalue weighted by atomic mass is 10.2. The number of para-hydroxylation sites is 1. The van der Waals surface area contributed by atoms with Crippen LogP contribution in [0.25, 0.3) is 0 Å². The molecule has 8 heteroatoms. The lowest BCUT2D eigenvalue weighted by Crippen LogP contribution is -2.45. The van der Waals surface area contributed by atoms with Crippen LogP contribution in [0.4, 0.5) is 11.5 Å². The zero-order chi connectivity index (χ0) is 21.1. The third-order valence-electron chi connectivity index (χ3n) is 5.12. The van der Waals surface area contributed by atoms with E-state index in [1.807, 2.05) is 36.4 Å². The molecule has 1 fully saturated rings. The van der Waals surface area contributed by atoms with E-state index < -0.39 is 5.25 Å². The van der Waals surface area contributed by atoms with E-state index in [4.69, 9.17) is 4.74 Å². The molecule has 30 heavy (non-hydrogen) atoms. The monoisotopic (exact) mass is 426 g/mol. The predicted octanol–water partition coefficient (Wildman–Crippen LogP) is 2.81. The smallest absolute Gasteiger partial charge is 0.238 e. The van der Waals surface area contributed by atoms with Crippen molar-refractivity contribution in [2.24, 2.45) is 0 Å². The topological polar surface area (TPSA) is 83.6 Å². The fraction of sp³-hybridized carbons (Fsp3) is 0.409. The van der Waals surface area contributed by atoms with Crippen LogP contribution < -0.4 is 15.5 Å². The summed E-state index contributed by atoms with van der Waals surface area (Å²) in [6.07, 6.45) is 2.28. The number of carbonyl (C=O) groups is 2. The number of fused-ring (bicyclic) bond motifs is 1. The summed E-state index contributed by atoms with van der Waals surface area (Å²) in [5, 5.41) is 5.34. The van der Waals surface area contributed by atoms with Gasteiger partial charge in [0.05, 0.1) is 23.1 Å². The van der Waals surface area contributed by atoms with Crippen LogP contribution in [0.2, 0.25) is 0 Å². The van der Waals surface area contributed by atoms with Gasteiger partial charge in [-0.1, -0.05) is 18.2 Å². The van der Waals surface area contributed by atoms with Crippen molar-refractivity contribution in [2.45, 2.75) is 49.2 Å². The molecule has 0 saturated carbocycles. The molecule has 3 atom stereocenters. The van der Waals surface area contributed by atoms with Crippen LogP contribution in [0.5, 0.6) is 0 Å². The van der Waals surface area contributed by atoms with Gasteiger partial charge in [-0.25, -0.2) is 4.98 Å². The molecular weight excluding hydrogens is 400 g/mol. The molecule has 158 valence electrons. The molecule has 1 aromatic carbocycles. The van der Waals surface area contributed by atoms with E-state index in [9.17, 15) is 9.59 Å². The van der Waals surface area contributed by atoms with Crippen molar-refractivity contribution in [3.63, 3.8) is 0 Å². The van der Waals surface area contributed by atoms with Crippen LogP contribution in [-0.4, -0.2) is 47.3 Å². The summed E-state index contributed by atoms with van der Waals surface area (Å²) in [6, 6.07) is 11.6. The Labute approximate surface area is 180 Å². The molecule has 1 aromatic heterocycles. The third-order valence-corrected chi connectivity index (χ3v) is 6.39. The fourth-order valence-corrected chi connectivity index (χ4v) is 4.85. The van der Waals surface area contributed by atoms with Crippen molar-refractivity contribution in [1.29, 1.82) is 0 Å². The van der Waals surface area contributed by atoms with Crippen molar-refractivity contribution in [3.05, 3.63) is 48.2 Å². The molecule has 0 radical (unpaired) electrons. The highest BCUT2D eigenvalue weighted by molar-refractivity contribution is 8.01. The number of nitrogens with one attached hydrogen (secondary N) is 2. The number of rotatable bonds is 5. The van der Waals surface area contributed by atoms with Crippen molar-refractivity contribution in [2.75, 3.05) is 23.3 Å².